The Balaban J connectivity index is 2.06. The molecule has 0 saturated heterocycles. The molecule has 1 aromatic heterocycles. The van der Waals surface area contributed by atoms with Crippen LogP contribution in [0.1, 0.15) is 16.2 Å². The molecule has 0 fully saturated rings. The lowest BCUT2D eigenvalue weighted by atomic mass is 10.2. The van der Waals surface area contributed by atoms with Crippen molar-refractivity contribution in [3.05, 3.63) is 41.7 Å². The van der Waals surface area contributed by atoms with E-state index in [2.05, 4.69) is 15.5 Å². The number of benzene rings is 1. The third-order valence-electron chi connectivity index (χ3n) is 2.45. The summed E-state index contributed by atoms with van der Waals surface area (Å²) in [6, 6.07) is 3.92. The highest BCUT2D eigenvalue weighted by molar-refractivity contribution is 5.94. The van der Waals surface area contributed by atoms with Crippen LogP contribution in [0.15, 0.2) is 24.5 Å². The number of rotatable bonds is 3. The lowest BCUT2D eigenvalue weighted by Crippen LogP contribution is -2.25. The van der Waals surface area contributed by atoms with Crippen molar-refractivity contribution in [1.29, 1.82) is 0 Å². The summed E-state index contributed by atoms with van der Waals surface area (Å²) < 4.78 is 15.1. The van der Waals surface area contributed by atoms with Crippen LogP contribution >= 0.6 is 0 Å². The van der Waals surface area contributed by atoms with Crippen molar-refractivity contribution in [2.24, 2.45) is 7.05 Å². The maximum absolute atomic E-state index is 13.5. The smallest absolute Gasteiger partial charge is 0.254 e. The lowest BCUT2D eigenvalue weighted by Gasteiger charge is -2.06. The average Bonchev–Trinajstić information content (AvgIpc) is 2.72. The summed E-state index contributed by atoms with van der Waals surface area (Å²) in [4.78, 5) is 11.7. The Morgan fingerprint density at radius 3 is 2.94 bits per heavy atom. The third-order valence-corrected chi connectivity index (χ3v) is 2.45. The SMILES string of the molecule is Cn1cnnc1CNC(=O)c1ccc(N)cc1F. The second-order valence-electron chi connectivity index (χ2n) is 3.78. The molecule has 0 spiro atoms. The minimum atomic E-state index is -0.648. The Bertz CT molecular complexity index is 581. The third kappa shape index (κ3) is 2.45. The number of hydrogen-bond donors (Lipinski definition) is 2. The summed E-state index contributed by atoms with van der Waals surface area (Å²) in [7, 11) is 1.76. The number of carbonyl (C=O) groups is 1. The first-order valence-electron chi connectivity index (χ1n) is 5.24. The van der Waals surface area contributed by atoms with Crippen LogP contribution in [0.4, 0.5) is 10.1 Å². The molecule has 1 amide bonds. The van der Waals surface area contributed by atoms with Crippen molar-refractivity contribution < 1.29 is 9.18 Å². The highest BCUT2D eigenvalue weighted by Crippen LogP contribution is 2.11. The van der Waals surface area contributed by atoms with Gasteiger partial charge in [0.15, 0.2) is 5.82 Å². The number of aryl methyl sites for hydroxylation is 1. The Morgan fingerprint density at radius 1 is 1.56 bits per heavy atom. The molecule has 18 heavy (non-hydrogen) atoms. The van der Waals surface area contributed by atoms with E-state index in [4.69, 9.17) is 5.73 Å². The van der Waals surface area contributed by atoms with Crippen molar-refractivity contribution >= 4 is 11.6 Å². The standard InChI is InChI=1S/C11H12FN5O/c1-17-6-15-16-10(17)5-14-11(18)8-3-2-7(13)4-9(8)12/h2-4,6H,5,13H2,1H3,(H,14,18). The molecular formula is C11H12FN5O. The summed E-state index contributed by atoms with van der Waals surface area (Å²) in [6.45, 7) is 0.180. The van der Waals surface area contributed by atoms with Gasteiger partial charge in [0.1, 0.15) is 12.1 Å². The molecule has 3 N–H and O–H groups in total. The van der Waals surface area contributed by atoms with E-state index in [1.54, 1.807) is 11.6 Å². The second-order valence-corrected chi connectivity index (χ2v) is 3.78. The number of nitrogens with two attached hydrogens (primary N) is 1. The van der Waals surface area contributed by atoms with Gasteiger partial charge in [0, 0.05) is 12.7 Å². The van der Waals surface area contributed by atoms with Gasteiger partial charge in [-0.25, -0.2) is 4.39 Å². The van der Waals surface area contributed by atoms with Crippen LogP contribution in [0, 0.1) is 5.82 Å². The Hall–Kier alpha value is -2.44. The number of nitrogens with one attached hydrogen (secondary N) is 1. The molecule has 7 heteroatoms. The van der Waals surface area contributed by atoms with Crippen molar-refractivity contribution in [2.45, 2.75) is 6.54 Å². The van der Waals surface area contributed by atoms with Crippen LogP contribution in [0.5, 0.6) is 0 Å². The fraction of sp³-hybridized carbons (Fsp3) is 0.182. The molecule has 0 bridgehead atoms. The van der Waals surface area contributed by atoms with Crippen LogP contribution in [-0.4, -0.2) is 20.7 Å². The molecule has 0 aliphatic carbocycles. The largest absolute Gasteiger partial charge is 0.399 e. The molecule has 2 rings (SSSR count). The van der Waals surface area contributed by atoms with Gasteiger partial charge >= 0.3 is 0 Å². The van der Waals surface area contributed by atoms with Gasteiger partial charge in [0.25, 0.3) is 5.91 Å². The number of aromatic nitrogens is 3. The molecule has 0 atom stereocenters. The van der Waals surface area contributed by atoms with Crippen LogP contribution in [-0.2, 0) is 13.6 Å². The van der Waals surface area contributed by atoms with E-state index >= 15 is 0 Å². The molecule has 6 nitrogen and oxygen atoms in total. The van der Waals surface area contributed by atoms with Gasteiger partial charge < -0.3 is 15.6 Å². The van der Waals surface area contributed by atoms with Crippen LogP contribution in [0.3, 0.4) is 0 Å². The first-order valence-corrected chi connectivity index (χ1v) is 5.24. The number of nitrogens with zero attached hydrogens (tertiary/aromatic N) is 3. The van der Waals surface area contributed by atoms with Gasteiger partial charge in [-0.2, -0.15) is 0 Å². The maximum atomic E-state index is 13.5. The normalized spacial score (nSPS) is 10.3. The van der Waals surface area contributed by atoms with Gasteiger partial charge in [-0.15, -0.1) is 10.2 Å². The van der Waals surface area contributed by atoms with Crippen LogP contribution in [0.25, 0.3) is 0 Å². The van der Waals surface area contributed by atoms with Crippen molar-refractivity contribution in [1.82, 2.24) is 20.1 Å². The van der Waals surface area contributed by atoms with Crippen molar-refractivity contribution in [3.8, 4) is 0 Å². The molecule has 94 valence electrons. The number of carbonyl (C=O) groups excluding carboxylic acids is 1. The molecule has 1 heterocycles. The topological polar surface area (TPSA) is 85.8 Å². The molecule has 0 unspecified atom stereocenters. The summed E-state index contributed by atoms with van der Waals surface area (Å²) in [5.41, 5.74) is 5.63. The van der Waals surface area contributed by atoms with Gasteiger partial charge in [0.05, 0.1) is 12.1 Å². The minimum absolute atomic E-state index is 0.0497. The Morgan fingerprint density at radius 2 is 2.33 bits per heavy atom. The Labute approximate surface area is 103 Å². The van der Waals surface area contributed by atoms with Gasteiger partial charge in [0.2, 0.25) is 0 Å². The van der Waals surface area contributed by atoms with Gasteiger partial charge in [-0.1, -0.05) is 0 Å². The highest BCUT2D eigenvalue weighted by atomic mass is 19.1. The van der Waals surface area contributed by atoms with E-state index in [1.807, 2.05) is 0 Å². The first-order chi connectivity index (χ1) is 8.58. The van der Waals surface area contributed by atoms with E-state index in [9.17, 15) is 9.18 Å². The number of halogens is 1. The molecule has 2 aromatic rings. The number of nitrogen functional groups attached to an aromatic ring is 1. The molecular weight excluding hydrogens is 237 g/mol. The molecule has 0 aliphatic heterocycles. The van der Waals surface area contributed by atoms with Crippen LogP contribution < -0.4 is 11.1 Å². The van der Waals surface area contributed by atoms with Crippen molar-refractivity contribution in [3.63, 3.8) is 0 Å². The van der Waals surface area contributed by atoms with E-state index in [-0.39, 0.29) is 17.8 Å². The minimum Gasteiger partial charge on any atom is -0.399 e. The highest BCUT2D eigenvalue weighted by Gasteiger charge is 2.12. The monoisotopic (exact) mass is 249 g/mol. The molecule has 0 radical (unpaired) electrons. The second kappa shape index (κ2) is 4.82. The number of hydrogen-bond acceptors (Lipinski definition) is 4. The summed E-state index contributed by atoms with van der Waals surface area (Å²) in [5.74, 6) is -0.583. The van der Waals surface area contributed by atoms with Crippen LogP contribution in [0.2, 0.25) is 0 Å². The Kier molecular flexibility index (Phi) is 3.22. The summed E-state index contributed by atoms with van der Waals surface area (Å²) in [6.07, 6.45) is 1.52. The van der Waals surface area contributed by atoms with Crippen molar-refractivity contribution in [2.75, 3.05) is 5.73 Å². The quantitative estimate of drug-likeness (QED) is 0.774. The lowest BCUT2D eigenvalue weighted by molar-refractivity contribution is 0.0945. The molecule has 0 aliphatic rings. The number of amides is 1. The predicted molar refractivity (Wildman–Crippen MR) is 63.0 cm³/mol. The van der Waals surface area contributed by atoms with E-state index in [1.165, 1.54) is 18.5 Å². The van der Waals surface area contributed by atoms with E-state index < -0.39 is 11.7 Å². The predicted octanol–water partition coefficient (Wildman–Crippen LogP) is 0.466. The summed E-state index contributed by atoms with van der Waals surface area (Å²) in [5, 5.41) is 10.0. The van der Waals surface area contributed by atoms with E-state index in [0.717, 1.165) is 6.07 Å². The zero-order chi connectivity index (χ0) is 13.1. The zero-order valence-electron chi connectivity index (χ0n) is 9.72. The van der Waals surface area contributed by atoms with Gasteiger partial charge in [-0.3, -0.25) is 4.79 Å². The zero-order valence-corrected chi connectivity index (χ0v) is 9.72. The first kappa shape index (κ1) is 12.0. The fourth-order valence-electron chi connectivity index (χ4n) is 1.44. The maximum Gasteiger partial charge on any atom is 0.254 e. The fourth-order valence-corrected chi connectivity index (χ4v) is 1.44. The number of anilines is 1. The van der Waals surface area contributed by atoms with E-state index in [0.29, 0.717) is 5.82 Å². The average molecular weight is 249 g/mol. The van der Waals surface area contributed by atoms with Gasteiger partial charge in [-0.05, 0) is 18.2 Å². The molecule has 0 saturated carbocycles. The summed E-state index contributed by atoms with van der Waals surface area (Å²) >= 11 is 0. The molecule has 1 aromatic carbocycles.